The van der Waals surface area contributed by atoms with Gasteiger partial charge in [0.15, 0.2) is 11.5 Å². The number of nitrogens with zero attached hydrogens (tertiary/aromatic N) is 1. The van der Waals surface area contributed by atoms with Crippen LogP contribution >= 0.6 is 15.9 Å². The molecule has 8 heteroatoms. The highest BCUT2D eigenvalue weighted by molar-refractivity contribution is 9.10. The monoisotopic (exact) mass is 368 g/mol. The van der Waals surface area contributed by atoms with E-state index < -0.39 is 11.5 Å². The molecule has 1 aliphatic heterocycles. The molecule has 3 rings (SSSR count). The molecule has 0 aliphatic carbocycles. The Hall–Kier alpha value is -2.22. The fraction of sp³-hybridized carbons (Fsp3) is 0.286. The number of halogens is 1. The van der Waals surface area contributed by atoms with Gasteiger partial charge in [-0.05, 0) is 28.9 Å². The summed E-state index contributed by atoms with van der Waals surface area (Å²) in [6.45, 7) is 2.03. The third-order valence-electron chi connectivity index (χ3n) is 3.73. The Labute approximate surface area is 133 Å². The Bertz CT molecular complexity index is 874. The van der Waals surface area contributed by atoms with Crippen LogP contribution in [0.1, 0.15) is 23.3 Å². The van der Waals surface area contributed by atoms with Crippen LogP contribution in [0.5, 0.6) is 11.5 Å². The smallest absolute Gasteiger partial charge is 0.341 e. The fourth-order valence-electron chi connectivity index (χ4n) is 2.70. The SMILES string of the molecule is COc1c(Br)c2c3c(cc(C(=O)O)c(=O)n3[C@@H](C)CO2)c1N. The summed E-state index contributed by atoms with van der Waals surface area (Å²) in [6.07, 6.45) is 0. The van der Waals surface area contributed by atoms with Crippen LogP contribution in [0.4, 0.5) is 5.69 Å². The number of aromatic carboxylic acids is 1. The van der Waals surface area contributed by atoms with Crippen molar-refractivity contribution in [2.75, 3.05) is 19.5 Å². The second-order valence-corrected chi connectivity index (χ2v) is 5.84. The first-order chi connectivity index (χ1) is 10.4. The van der Waals surface area contributed by atoms with Gasteiger partial charge in [0.05, 0.1) is 24.4 Å². The minimum atomic E-state index is -1.29. The van der Waals surface area contributed by atoms with E-state index in [0.29, 0.717) is 26.9 Å². The van der Waals surface area contributed by atoms with E-state index in [2.05, 4.69) is 15.9 Å². The molecule has 1 aromatic carbocycles. The molecule has 1 atom stereocenters. The van der Waals surface area contributed by atoms with Gasteiger partial charge in [0, 0.05) is 5.39 Å². The largest absolute Gasteiger partial charge is 0.493 e. The summed E-state index contributed by atoms with van der Waals surface area (Å²) < 4.78 is 12.9. The first-order valence-corrected chi connectivity index (χ1v) is 7.28. The van der Waals surface area contributed by atoms with E-state index in [1.807, 2.05) is 0 Å². The van der Waals surface area contributed by atoms with Crippen LogP contribution in [0.3, 0.4) is 0 Å². The maximum absolute atomic E-state index is 12.5. The number of benzene rings is 1. The van der Waals surface area contributed by atoms with Gasteiger partial charge in [-0.1, -0.05) is 0 Å². The maximum Gasteiger partial charge on any atom is 0.341 e. The highest BCUT2D eigenvalue weighted by Crippen LogP contribution is 2.47. The van der Waals surface area contributed by atoms with E-state index >= 15 is 0 Å². The molecule has 2 aromatic rings. The quantitative estimate of drug-likeness (QED) is 0.785. The molecule has 0 spiro atoms. The summed E-state index contributed by atoms with van der Waals surface area (Å²) in [6, 6.07) is 0.965. The fourth-order valence-corrected chi connectivity index (χ4v) is 3.38. The number of nitrogen functional groups attached to an aromatic ring is 1. The van der Waals surface area contributed by atoms with Crippen LogP contribution in [0.25, 0.3) is 10.9 Å². The summed E-state index contributed by atoms with van der Waals surface area (Å²) in [7, 11) is 1.45. The number of anilines is 1. The molecule has 0 saturated heterocycles. The number of methoxy groups -OCH3 is 1. The molecule has 2 heterocycles. The maximum atomic E-state index is 12.5. The number of carboxylic acid groups (broad SMARTS) is 1. The van der Waals surface area contributed by atoms with Crippen molar-refractivity contribution < 1.29 is 19.4 Å². The lowest BCUT2D eigenvalue weighted by molar-refractivity contribution is 0.0694. The Morgan fingerprint density at radius 1 is 1.59 bits per heavy atom. The van der Waals surface area contributed by atoms with E-state index in [4.69, 9.17) is 15.2 Å². The molecule has 1 aliphatic rings. The number of carboxylic acids is 1. The Morgan fingerprint density at radius 3 is 2.86 bits per heavy atom. The molecule has 0 unspecified atom stereocenters. The molecule has 0 amide bonds. The highest BCUT2D eigenvalue weighted by atomic mass is 79.9. The third kappa shape index (κ3) is 1.80. The number of hydrogen-bond donors (Lipinski definition) is 2. The van der Waals surface area contributed by atoms with Crippen LogP contribution in [0.2, 0.25) is 0 Å². The molecule has 7 nitrogen and oxygen atoms in total. The zero-order chi connectivity index (χ0) is 16.2. The summed E-state index contributed by atoms with van der Waals surface area (Å²) in [5.74, 6) is -0.524. The Kier molecular flexibility index (Phi) is 3.28. The second-order valence-electron chi connectivity index (χ2n) is 5.05. The zero-order valence-electron chi connectivity index (χ0n) is 11.8. The average Bonchev–Trinajstić information content (AvgIpc) is 2.46. The summed E-state index contributed by atoms with van der Waals surface area (Å²) in [5, 5.41) is 9.68. The predicted octanol–water partition coefficient (Wildman–Crippen LogP) is 2.01. The number of carbonyl (C=O) groups is 1. The Morgan fingerprint density at radius 2 is 2.27 bits per heavy atom. The van der Waals surface area contributed by atoms with E-state index in [1.165, 1.54) is 17.7 Å². The highest BCUT2D eigenvalue weighted by Gasteiger charge is 2.29. The second kappa shape index (κ2) is 4.91. The normalized spacial score (nSPS) is 16.4. The van der Waals surface area contributed by atoms with Gasteiger partial charge < -0.3 is 20.3 Å². The van der Waals surface area contributed by atoms with E-state index in [1.54, 1.807) is 6.92 Å². The van der Waals surface area contributed by atoms with Gasteiger partial charge in [-0.15, -0.1) is 0 Å². The van der Waals surface area contributed by atoms with Crippen LogP contribution < -0.4 is 20.8 Å². The average molecular weight is 369 g/mol. The van der Waals surface area contributed by atoms with Crippen LogP contribution in [0, 0.1) is 0 Å². The van der Waals surface area contributed by atoms with E-state index in [0.717, 1.165) is 0 Å². The molecule has 1 aromatic heterocycles. The summed E-state index contributed by atoms with van der Waals surface area (Å²) in [5.41, 5.74) is 5.91. The molecular weight excluding hydrogens is 356 g/mol. The van der Waals surface area contributed by atoms with Gasteiger partial charge in [-0.25, -0.2) is 4.79 Å². The number of pyridine rings is 1. The van der Waals surface area contributed by atoms with E-state index in [-0.39, 0.29) is 23.9 Å². The minimum Gasteiger partial charge on any atom is -0.493 e. The molecule has 0 bridgehead atoms. The molecule has 0 saturated carbocycles. The Balaban J connectivity index is 2.61. The molecule has 0 fully saturated rings. The van der Waals surface area contributed by atoms with Crippen molar-refractivity contribution in [1.82, 2.24) is 4.57 Å². The van der Waals surface area contributed by atoms with Crippen molar-refractivity contribution in [1.29, 1.82) is 0 Å². The van der Waals surface area contributed by atoms with Crippen molar-refractivity contribution in [3.05, 3.63) is 26.5 Å². The molecule has 22 heavy (non-hydrogen) atoms. The van der Waals surface area contributed by atoms with Gasteiger partial charge in [0.2, 0.25) is 0 Å². The van der Waals surface area contributed by atoms with Crippen molar-refractivity contribution in [2.24, 2.45) is 0 Å². The van der Waals surface area contributed by atoms with Gasteiger partial charge in [0.1, 0.15) is 16.6 Å². The first-order valence-electron chi connectivity index (χ1n) is 6.48. The summed E-state index contributed by atoms with van der Waals surface area (Å²) >= 11 is 3.37. The molecule has 3 N–H and O–H groups in total. The standard InChI is InChI=1S/C14H13BrN2O5/c1-5-4-22-12-8(15)11(21-2)9(16)6-3-7(14(19)20)13(18)17(5)10(6)12/h3,5H,4,16H2,1-2H3,(H,19,20)/t5-/m0/s1. The van der Waals surface area contributed by atoms with Crippen LogP contribution in [0.15, 0.2) is 15.3 Å². The number of nitrogens with two attached hydrogens (primary N) is 1. The van der Waals surface area contributed by atoms with Crippen molar-refractivity contribution in [3.8, 4) is 11.5 Å². The number of rotatable bonds is 2. The number of hydrogen-bond acceptors (Lipinski definition) is 5. The zero-order valence-corrected chi connectivity index (χ0v) is 13.4. The minimum absolute atomic E-state index is 0.247. The predicted molar refractivity (Wildman–Crippen MR) is 84.0 cm³/mol. The lowest BCUT2D eigenvalue weighted by atomic mass is 10.1. The molecule has 116 valence electrons. The summed E-state index contributed by atoms with van der Waals surface area (Å²) in [4.78, 5) is 23.8. The van der Waals surface area contributed by atoms with E-state index in [9.17, 15) is 14.7 Å². The van der Waals surface area contributed by atoms with Gasteiger partial charge in [-0.2, -0.15) is 0 Å². The lowest BCUT2D eigenvalue weighted by Crippen LogP contribution is -2.34. The topological polar surface area (TPSA) is 104 Å². The first kappa shape index (κ1) is 14.7. The van der Waals surface area contributed by atoms with Gasteiger partial charge in [-0.3, -0.25) is 9.36 Å². The van der Waals surface area contributed by atoms with Crippen molar-refractivity contribution in [3.63, 3.8) is 0 Å². The van der Waals surface area contributed by atoms with Crippen molar-refractivity contribution >= 4 is 38.5 Å². The molecule has 0 radical (unpaired) electrons. The van der Waals surface area contributed by atoms with Crippen molar-refractivity contribution in [2.45, 2.75) is 13.0 Å². The lowest BCUT2D eigenvalue weighted by Gasteiger charge is -2.28. The van der Waals surface area contributed by atoms with Gasteiger partial charge >= 0.3 is 5.97 Å². The van der Waals surface area contributed by atoms with Crippen LogP contribution in [-0.4, -0.2) is 29.4 Å². The number of ether oxygens (including phenoxy) is 2. The van der Waals surface area contributed by atoms with Crippen LogP contribution in [-0.2, 0) is 0 Å². The van der Waals surface area contributed by atoms with Gasteiger partial charge in [0.25, 0.3) is 5.56 Å². The number of aromatic nitrogens is 1. The molecular formula is C14H13BrN2O5. The third-order valence-corrected chi connectivity index (χ3v) is 4.45.